The highest BCUT2D eigenvalue weighted by atomic mass is 16.7. The number of hydrogen-bond donors (Lipinski definition) is 1. The summed E-state index contributed by atoms with van der Waals surface area (Å²) in [4.78, 5) is 4.86. The Morgan fingerprint density at radius 3 is 3.05 bits per heavy atom. The molecule has 2 aromatic rings. The van der Waals surface area contributed by atoms with Gasteiger partial charge < -0.3 is 19.4 Å². The highest BCUT2D eigenvalue weighted by Gasteiger charge is 2.19. The van der Waals surface area contributed by atoms with Gasteiger partial charge in [-0.1, -0.05) is 13.0 Å². The van der Waals surface area contributed by atoms with Gasteiger partial charge in [0, 0.05) is 26.1 Å². The third-order valence-electron chi connectivity index (χ3n) is 4.45. The van der Waals surface area contributed by atoms with Gasteiger partial charge in [0.2, 0.25) is 6.79 Å². The summed E-state index contributed by atoms with van der Waals surface area (Å²) in [6.45, 7) is 5.52. The van der Waals surface area contributed by atoms with Gasteiger partial charge in [-0.2, -0.15) is 0 Å². The highest BCUT2D eigenvalue weighted by molar-refractivity contribution is 5.44. The van der Waals surface area contributed by atoms with Crippen LogP contribution in [-0.4, -0.2) is 22.9 Å². The standard InChI is InChI=1S/C17H21N3O2/c1-2-13-14-10-18-7-8-20(14)17(19-13)6-4-12-3-5-15-16(9-12)22-11-21-15/h3,5,9,18H,2,4,6-8,10-11H2,1H3. The molecule has 0 atom stereocenters. The van der Waals surface area contributed by atoms with Crippen molar-refractivity contribution in [3.8, 4) is 11.5 Å². The zero-order chi connectivity index (χ0) is 14.9. The van der Waals surface area contributed by atoms with Gasteiger partial charge in [0.25, 0.3) is 0 Å². The average Bonchev–Trinajstić information content (AvgIpc) is 3.16. The lowest BCUT2D eigenvalue weighted by atomic mass is 10.1. The fraction of sp³-hybridized carbons (Fsp3) is 0.471. The molecule has 0 bridgehead atoms. The first-order valence-electron chi connectivity index (χ1n) is 8.01. The Morgan fingerprint density at radius 1 is 1.23 bits per heavy atom. The first-order valence-corrected chi connectivity index (χ1v) is 8.01. The second-order valence-electron chi connectivity index (χ2n) is 5.79. The quantitative estimate of drug-likeness (QED) is 0.939. The van der Waals surface area contributed by atoms with Crippen molar-refractivity contribution >= 4 is 0 Å². The summed E-state index contributed by atoms with van der Waals surface area (Å²) in [5, 5.41) is 3.44. The number of aromatic nitrogens is 2. The molecular weight excluding hydrogens is 278 g/mol. The molecule has 2 aliphatic rings. The smallest absolute Gasteiger partial charge is 0.231 e. The summed E-state index contributed by atoms with van der Waals surface area (Å²) in [5.74, 6) is 2.92. The summed E-state index contributed by atoms with van der Waals surface area (Å²) < 4.78 is 13.2. The van der Waals surface area contributed by atoms with Crippen molar-refractivity contribution in [1.29, 1.82) is 0 Å². The van der Waals surface area contributed by atoms with E-state index in [9.17, 15) is 0 Å². The van der Waals surface area contributed by atoms with E-state index in [2.05, 4.69) is 28.9 Å². The lowest BCUT2D eigenvalue weighted by Gasteiger charge is -2.18. The lowest BCUT2D eigenvalue weighted by molar-refractivity contribution is 0.174. The minimum absolute atomic E-state index is 0.333. The van der Waals surface area contributed by atoms with Gasteiger partial charge in [-0.05, 0) is 30.5 Å². The van der Waals surface area contributed by atoms with E-state index in [1.54, 1.807) is 0 Å². The summed E-state index contributed by atoms with van der Waals surface area (Å²) >= 11 is 0. The second kappa shape index (κ2) is 5.65. The van der Waals surface area contributed by atoms with E-state index in [1.165, 1.54) is 22.8 Å². The Balaban J connectivity index is 1.53. The third kappa shape index (κ3) is 2.35. The largest absolute Gasteiger partial charge is 0.454 e. The van der Waals surface area contributed by atoms with E-state index in [0.717, 1.165) is 50.4 Å². The zero-order valence-electron chi connectivity index (χ0n) is 12.9. The molecule has 1 aromatic heterocycles. The molecule has 22 heavy (non-hydrogen) atoms. The number of rotatable bonds is 4. The summed E-state index contributed by atoms with van der Waals surface area (Å²) in [6, 6.07) is 6.21. The number of aryl methyl sites for hydroxylation is 3. The second-order valence-corrected chi connectivity index (χ2v) is 5.79. The summed E-state index contributed by atoms with van der Waals surface area (Å²) in [6.07, 6.45) is 2.94. The minimum Gasteiger partial charge on any atom is -0.454 e. The molecular formula is C17H21N3O2. The van der Waals surface area contributed by atoms with Gasteiger partial charge >= 0.3 is 0 Å². The van der Waals surface area contributed by atoms with Crippen LogP contribution in [0.1, 0.15) is 29.7 Å². The van der Waals surface area contributed by atoms with Crippen LogP contribution >= 0.6 is 0 Å². The monoisotopic (exact) mass is 299 g/mol. The molecule has 0 unspecified atom stereocenters. The highest BCUT2D eigenvalue weighted by Crippen LogP contribution is 2.32. The molecule has 0 fully saturated rings. The topological polar surface area (TPSA) is 48.3 Å². The van der Waals surface area contributed by atoms with Crippen LogP contribution in [0.25, 0.3) is 0 Å². The van der Waals surface area contributed by atoms with E-state index in [-0.39, 0.29) is 0 Å². The molecule has 1 N–H and O–H groups in total. The molecule has 0 aliphatic carbocycles. The van der Waals surface area contributed by atoms with Gasteiger partial charge in [0.05, 0.1) is 11.4 Å². The van der Waals surface area contributed by atoms with Crippen LogP contribution in [-0.2, 0) is 32.4 Å². The SMILES string of the molecule is CCc1nc(CCc2ccc3c(c2)OCO3)n2c1CNCC2. The third-order valence-corrected chi connectivity index (χ3v) is 4.45. The van der Waals surface area contributed by atoms with Crippen LogP contribution in [0.5, 0.6) is 11.5 Å². The van der Waals surface area contributed by atoms with Gasteiger partial charge in [-0.3, -0.25) is 0 Å². The van der Waals surface area contributed by atoms with E-state index in [0.29, 0.717) is 6.79 Å². The van der Waals surface area contributed by atoms with Crippen molar-refractivity contribution < 1.29 is 9.47 Å². The number of fused-ring (bicyclic) bond motifs is 2. The number of nitrogens with one attached hydrogen (secondary N) is 1. The Morgan fingerprint density at radius 2 is 2.14 bits per heavy atom. The molecule has 116 valence electrons. The lowest BCUT2D eigenvalue weighted by Crippen LogP contribution is -2.29. The molecule has 0 saturated heterocycles. The Kier molecular flexibility index (Phi) is 3.50. The molecule has 5 nitrogen and oxygen atoms in total. The van der Waals surface area contributed by atoms with Gasteiger partial charge in [0.15, 0.2) is 11.5 Å². The van der Waals surface area contributed by atoms with E-state index in [1.807, 2.05) is 6.07 Å². The Bertz CT molecular complexity index is 693. The van der Waals surface area contributed by atoms with Crippen molar-refractivity contribution in [3.63, 3.8) is 0 Å². The predicted molar refractivity (Wildman–Crippen MR) is 83.3 cm³/mol. The molecule has 5 heteroatoms. The first-order chi connectivity index (χ1) is 10.8. The molecule has 2 aliphatic heterocycles. The van der Waals surface area contributed by atoms with Crippen LogP contribution in [0.15, 0.2) is 18.2 Å². The molecule has 0 saturated carbocycles. The number of hydrogen-bond acceptors (Lipinski definition) is 4. The Labute approximate surface area is 130 Å². The van der Waals surface area contributed by atoms with Crippen molar-refractivity contribution in [3.05, 3.63) is 41.0 Å². The van der Waals surface area contributed by atoms with Crippen LogP contribution in [0.4, 0.5) is 0 Å². The van der Waals surface area contributed by atoms with Crippen LogP contribution < -0.4 is 14.8 Å². The van der Waals surface area contributed by atoms with E-state index >= 15 is 0 Å². The molecule has 0 amide bonds. The fourth-order valence-electron chi connectivity index (χ4n) is 3.28. The van der Waals surface area contributed by atoms with Gasteiger partial charge in [-0.25, -0.2) is 4.98 Å². The van der Waals surface area contributed by atoms with Gasteiger partial charge in [-0.15, -0.1) is 0 Å². The van der Waals surface area contributed by atoms with Gasteiger partial charge in [0.1, 0.15) is 5.82 Å². The summed E-state index contributed by atoms with van der Waals surface area (Å²) in [5.41, 5.74) is 3.89. The van der Waals surface area contributed by atoms with Crippen LogP contribution in [0.3, 0.4) is 0 Å². The molecule has 3 heterocycles. The normalized spacial score (nSPS) is 15.9. The number of imidazole rings is 1. The fourth-order valence-corrected chi connectivity index (χ4v) is 3.28. The van der Waals surface area contributed by atoms with Crippen LogP contribution in [0, 0.1) is 0 Å². The predicted octanol–water partition coefficient (Wildman–Crippen LogP) is 2.06. The maximum absolute atomic E-state index is 5.45. The molecule has 0 radical (unpaired) electrons. The zero-order valence-corrected chi connectivity index (χ0v) is 12.9. The first kappa shape index (κ1) is 13.6. The van der Waals surface area contributed by atoms with E-state index < -0.39 is 0 Å². The minimum atomic E-state index is 0.333. The van der Waals surface area contributed by atoms with Crippen molar-refractivity contribution in [2.45, 2.75) is 39.3 Å². The number of ether oxygens (including phenoxy) is 2. The van der Waals surface area contributed by atoms with Crippen molar-refractivity contribution in [2.75, 3.05) is 13.3 Å². The molecule has 1 aromatic carbocycles. The maximum Gasteiger partial charge on any atom is 0.231 e. The average molecular weight is 299 g/mol. The molecule has 0 spiro atoms. The van der Waals surface area contributed by atoms with Crippen molar-refractivity contribution in [2.24, 2.45) is 0 Å². The van der Waals surface area contributed by atoms with Crippen molar-refractivity contribution in [1.82, 2.24) is 14.9 Å². The summed E-state index contributed by atoms with van der Waals surface area (Å²) in [7, 11) is 0. The number of nitrogens with zero attached hydrogens (tertiary/aromatic N) is 2. The van der Waals surface area contributed by atoms with Crippen LogP contribution in [0.2, 0.25) is 0 Å². The maximum atomic E-state index is 5.45. The molecule has 4 rings (SSSR count). The Hall–Kier alpha value is -2.01. The van der Waals surface area contributed by atoms with E-state index in [4.69, 9.17) is 14.5 Å². The number of benzene rings is 1.